The summed E-state index contributed by atoms with van der Waals surface area (Å²) in [7, 11) is 1.57. The van der Waals surface area contributed by atoms with Gasteiger partial charge >= 0.3 is 6.03 Å². The highest BCUT2D eigenvalue weighted by Gasteiger charge is 2.19. The van der Waals surface area contributed by atoms with E-state index in [4.69, 9.17) is 4.52 Å². The molecule has 2 unspecified atom stereocenters. The number of halogens is 1. The van der Waals surface area contributed by atoms with Crippen molar-refractivity contribution in [1.29, 1.82) is 0 Å². The number of amides is 2. The monoisotopic (exact) mass is 322 g/mol. The molecule has 1 aromatic carbocycles. The Labute approximate surface area is 133 Å². The molecule has 0 bridgehead atoms. The van der Waals surface area contributed by atoms with E-state index in [9.17, 15) is 14.3 Å². The lowest BCUT2D eigenvalue weighted by Crippen LogP contribution is -2.41. The van der Waals surface area contributed by atoms with E-state index in [0.29, 0.717) is 5.56 Å². The molecule has 0 saturated heterocycles. The number of nitrogens with one attached hydrogen (secondary N) is 1. The summed E-state index contributed by atoms with van der Waals surface area (Å²) in [5.41, 5.74) is 0.491. The number of benzene rings is 1. The van der Waals surface area contributed by atoms with Crippen LogP contribution in [0.2, 0.25) is 0 Å². The summed E-state index contributed by atoms with van der Waals surface area (Å²) < 4.78 is 18.3. The maximum absolute atomic E-state index is 13.2. The minimum atomic E-state index is -0.621. The number of hydrogen-bond acceptors (Lipinski definition) is 5. The van der Waals surface area contributed by atoms with Gasteiger partial charge in [-0.05, 0) is 26.0 Å². The second kappa shape index (κ2) is 7.19. The maximum Gasteiger partial charge on any atom is 0.317 e. The molecule has 124 valence electrons. The van der Waals surface area contributed by atoms with Crippen LogP contribution in [-0.4, -0.2) is 45.9 Å². The molecule has 2 N–H and O–H groups in total. The fraction of sp³-hybridized carbons (Fsp3) is 0.400. The number of nitrogens with zero attached hydrogens (tertiary/aromatic N) is 3. The fourth-order valence-corrected chi connectivity index (χ4v) is 1.99. The van der Waals surface area contributed by atoms with E-state index in [1.807, 2.05) is 0 Å². The molecular formula is C15H19FN4O3. The summed E-state index contributed by atoms with van der Waals surface area (Å²) in [6.07, 6.45) is -0.621. The molecule has 7 nitrogen and oxygen atoms in total. The minimum Gasteiger partial charge on any atom is -0.392 e. The number of hydrogen-bond donors (Lipinski definition) is 2. The van der Waals surface area contributed by atoms with Gasteiger partial charge in [0.2, 0.25) is 11.7 Å². The zero-order chi connectivity index (χ0) is 17.0. The van der Waals surface area contributed by atoms with Crippen molar-refractivity contribution >= 4 is 6.03 Å². The predicted molar refractivity (Wildman–Crippen MR) is 80.9 cm³/mol. The number of carbonyl (C=O) groups is 1. The van der Waals surface area contributed by atoms with Crippen LogP contribution < -0.4 is 5.32 Å². The second-order valence-electron chi connectivity index (χ2n) is 5.37. The van der Waals surface area contributed by atoms with Gasteiger partial charge in [-0.15, -0.1) is 0 Å². The van der Waals surface area contributed by atoms with E-state index in [-0.39, 0.29) is 24.3 Å². The topological polar surface area (TPSA) is 91.5 Å². The molecule has 0 aliphatic carbocycles. The molecule has 2 amide bonds. The van der Waals surface area contributed by atoms with Gasteiger partial charge < -0.3 is 19.8 Å². The van der Waals surface area contributed by atoms with Gasteiger partial charge in [-0.3, -0.25) is 0 Å². The van der Waals surface area contributed by atoms with Gasteiger partial charge in [0.1, 0.15) is 11.9 Å². The molecule has 2 aromatic rings. The Morgan fingerprint density at radius 3 is 2.87 bits per heavy atom. The highest BCUT2D eigenvalue weighted by molar-refractivity contribution is 5.74. The molecule has 0 fully saturated rings. The zero-order valence-corrected chi connectivity index (χ0v) is 13.2. The number of likely N-dealkylation sites (N-methyl/N-ethyl adjacent to an activating group) is 1. The Kier molecular flexibility index (Phi) is 5.28. The van der Waals surface area contributed by atoms with Crippen LogP contribution >= 0.6 is 0 Å². The quantitative estimate of drug-likeness (QED) is 0.878. The number of carbonyl (C=O) groups excluding carboxylic acids is 1. The van der Waals surface area contributed by atoms with Gasteiger partial charge in [-0.1, -0.05) is 17.3 Å². The van der Waals surface area contributed by atoms with Crippen LogP contribution in [0.1, 0.15) is 25.8 Å². The molecule has 0 saturated carbocycles. The number of aliphatic hydroxyl groups is 1. The largest absolute Gasteiger partial charge is 0.392 e. The fourth-order valence-electron chi connectivity index (χ4n) is 1.99. The van der Waals surface area contributed by atoms with Gasteiger partial charge in [-0.25, -0.2) is 9.18 Å². The van der Waals surface area contributed by atoms with Crippen molar-refractivity contribution in [2.24, 2.45) is 0 Å². The first-order valence-corrected chi connectivity index (χ1v) is 7.16. The molecule has 1 heterocycles. The summed E-state index contributed by atoms with van der Waals surface area (Å²) in [5, 5.41) is 15.8. The molecule has 2 rings (SSSR count). The standard InChI is InChI=1S/C15H19FN4O3/c1-9(21)8-20(3)15(22)17-10(2)14-18-13(19-23-14)11-5-4-6-12(16)7-11/h4-7,9-10,21H,8H2,1-3H3,(H,17,22). The Morgan fingerprint density at radius 1 is 1.48 bits per heavy atom. The third kappa shape index (κ3) is 4.49. The number of urea groups is 1. The smallest absolute Gasteiger partial charge is 0.317 e. The van der Waals surface area contributed by atoms with Crippen molar-refractivity contribution in [3.8, 4) is 11.4 Å². The van der Waals surface area contributed by atoms with Gasteiger partial charge in [-0.2, -0.15) is 4.98 Å². The summed E-state index contributed by atoms with van der Waals surface area (Å²) in [6.45, 7) is 3.49. The molecule has 0 spiro atoms. The van der Waals surface area contributed by atoms with Crippen LogP contribution in [0.15, 0.2) is 28.8 Å². The van der Waals surface area contributed by atoms with Crippen LogP contribution in [0.3, 0.4) is 0 Å². The van der Waals surface area contributed by atoms with Crippen LogP contribution in [-0.2, 0) is 0 Å². The Bertz CT molecular complexity index is 674. The molecule has 0 aliphatic heterocycles. The van der Waals surface area contributed by atoms with Gasteiger partial charge in [0.15, 0.2) is 0 Å². The number of rotatable bonds is 5. The molecule has 2 atom stereocenters. The van der Waals surface area contributed by atoms with E-state index in [0.717, 1.165) is 0 Å². The average Bonchev–Trinajstić information content (AvgIpc) is 2.96. The van der Waals surface area contributed by atoms with Crippen molar-refractivity contribution < 1.29 is 18.8 Å². The van der Waals surface area contributed by atoms with Crippen LogP contribution in [0.25, 0.3) is 11.4 Å². The molecule has 1 aromatic heterocycles. The molecule has 0 radical (unpaired) electrons. The van der Waals surface area contributed by atoms with Crippen molar-refractivity contribution in [1.82, 2.24) is 20.4 Å². The lowest BCUT2D eigenvalue weighted by molar-refractivity contribution is 0.142. The van der Waals surface area contributed by atoms with Crippen molar-refractivity contribution in [2.45, 2.75) is 26.0 Å². The highest BCUT2D eigenvalue weighted by Crippen LogP contribution is 2.19. The lowest BCUT2D eigenvalue weighted by Gasteiger charge is -2.20. The molecule has 8 heteroatoms. The Hall–Kier alpha value is -2.48. The molecule has 23 heavy (non-hydrogen) atoms. The van der Waals surface area contributed by atoms with Crippen molar-refractivity contribution in [3.05, 3.63) is 36.0 Å². The van der Waals surface area contributed by atoms with E-state index in [1.54, 1.807) is 33.0 Å². The minimum absolute atomic E-state index is 0.205. The first-order chi connectivity index (χ1) is 10.9. The maximum atomic E-state index is 13.2. The Balaban J connectivity index is 2.04. The predicted octanol–water partition coefficient (Wildman–Crippen LogP) is 1.96. The normalized spacial score (nSPS) is 13.4. The first kappa shape index (κ1) is 16.9. The van der Waals surface area contributed by atoms with Crippen molar-refractivity contribution in [3.63, 3.8) is 0 Å². The van der Waals surface area contributed by atoms with Gasteiger partial charge in [0.05, 0.1) is 6.10 Å². The molecule has 0 aliphatic rings. The first-order valence-electron chi connectivity index (χ1n) is 7.16. The van der Waals surface area contributed by atoms with Gasteiger partial charge in [0, 0.05) is 19.2 Å². The lowest BCUT2D eigenvalue weighted by atomic mass is 10.2. The summed E-state index contributed by atoms with van der Waals surface area (Å²) in [5.74, 6) is 0.0657. The van der Waals surface area contributed by atoms with Gasteiger partial charge in [0.25, 0.3) is 0 Å². The Morgan fingerprint density at radius 2 is 2.22 bits per heavy atom. The third-order valence-corrected chi connectivity index (χ3v) is 3.12. The summed E-state index contributed by atoms with van der Waals surface area (Å²) in [6, 6.07) is 4.95. The zero-order valence-electron chi connectivity index (χ0n) is 13.2. The van der Waals surface area contributed by atoms with E-state index < -0.39 is 18.0 Å². The third-order valence-electron chi connectivity index (χ3n) is 3.12. The van der Waals surface area contributed by atoms with Crippen LogP contribution in [0, 0.1) is 5.82 Å². The van der Waals surface area contributed by atoms with Crippen molar-refractivity contribution in [2.75, 3.05) is 13.6 Å². The SMILES string of the molecule is CC(O)CN(C)C(=O)NC(C)c1nc(-c2cccc(F)c2)no1. The second-order valence-corrected chi connectivity index (χ2v) is 5.37. The number of aliphatic hydroxyl groups excluding tert-OH is 1. The summed E-state index contributed by atoms with van der Waals surface area (Å²) in [4.78, 5) is 17.5. The number of aromatic nitrogens is 2. The highest BCUT2D eigenvalue weighted by atomic mass is 19.1. The van der Waals surface area contributed by atoms with E-state index in [2.05, 4.69) is 15.5 Å². The summed E-state index contributed by atoms with van der Waals surface area (Å²) >= 11 is 0. The van der Waals surface area contributed by atoms with E-state index >= 15 is 0 Å². The average molecular weight is 322 g/mol. The van der Waals surface area contributed by atoms with Crippen LogP contribution in [0.5, 0.6) is 0 Å². The van der Waals surface area contributed by atoms with E-state index in [1.165, 1.54) is 17.0 Å². The molecular weight excluding hydrogens is 303 g/mol. The van der Waals surface area contributed by atoms with Crippen LogP contribution in [0.4, 0.5) is 9.18 Å².